The third-order valence-corrected chi connectivity index (χ3v) is 2.96. The Morgan fingerprint density at radius 3 is 2.68 bits per heavy atom. The van der Waals surface area contributed by atoms with Crippen molar-refractivity contribution in [2.75, 3.05) is 11.9 Å². The van der Waals surface area contributed by atoms with Gasteiger partial charge in [-0.2, -0.15) is 0 Å². The van der Waals surface area contributed by atoms with Crippen molar-refractivity contribution < 1.29 is 4.79 Å². The van der Waals surface area contributed by atoms with Crippen molar-refractivity contribution in [2.24, 2.45) is 0 Å². The highest BCUT2D eigenvalue weighted by atomic mass is 16.1. The molecule has 0 fully saturated rings. The van der Waals surface area contributed by atoms with Gasteiger partial charge in [-0.25, -0.2) is 0 Å². The lowest BCUT2D eigenvalue weighted by molar-refractivity contribution is 0.0909. The lowest BCUT2D eigenvalue weighted by Gasteiger charge is -2.26. The SMILES string of the molecule is CCCNc1ccncc1C(=O)NC(C)(C)CCC. The summed E-state index contributed by atoms with van der Waals surface area (Å²) in [5.41, 5.74) is 1.27. The molecule has 106 valence electrons. The van der Waals surface area contributed by atoms with Crippen LogP contribution in [0.15, 0.2) is 18.5 Å². The Bertz CT molecular complexity index is 416. The zero-order valence-electron chi connectivity index (χ0n) is 12.4. The summed E-state index contributed by atoms with van der Waals surface area (Å²) >= 11 is 0. The molecule has 1 aromatic heterocycles. The average Bonchev–Trinajstić information content (AvgIpc) is 2.36. The van der Waals surface area contributed by atoms with Gasteiger partial charge in [0.2, 0.25) is 0 Å². The van der Waals surface area contributed by atoms with Crippen LogP contribution in [-0.2, 0) is 0 Å². The van der Waals surface area contributed by atoms with Crippen molar-refractivity contribution in [3.63, 3.8) is 0 Å². The molecule has 1 heterocycles. The third-order valence-electron chi connectivity index (χ3n) is 2.96. The van der Waals surface area contributed by atoms with Gasteiger partial charge < -0.3 is 10.6 Å². The van der Waals surface area contributed by atoms with Crippen molar-refractivity contribution >= 4 is 11.6 Å². The summed E-state index contributed by atoms with van der Waals surface area (Å²) in [4.78, 5) is 16.4. The van der Waals surface area contributed by atoms with Crippen LogP contribution in [0.1, 0.15) is 57.3 Å². The Labute approximate surface area is 116 Å². The van der Waals surface area contributed by atoms with Crippen molar-refractivity contribution in [1.29, 1.82) is 0 Å². The first-order chi connectivity index (χ1) is 9.00. The first-order valence-corrected chi connectivity index (χ1v) is 7.00. The number of nitrogens with one attached hydrogen (secondary N) is 2. The maximum absolute atomic E-state index is 12.3. The first kappa shape index (κ1) is 15.5. The lowest BCUT2D eigenvalue weighted by Crippen LogP contribution is -2.43. The van der Waals surface area contributed by atoms with Crippen LogP contribution in [0, 0.1) is 0 Å². The van der Waals surface area contributed by atoms with Crippen molar-refractivity contribution in [3.05, 3.63) is 24.0 Å². The summed E-state index contributed by atoms with van der Waals surface area (Å²) in [6.07, 6.45) is 6.34. The predicted octanol–water partition coefficient (Wildman–Crippen LogP) is 3.21. The van der Waals surface area contributed by atoms with E-state index in [2.05, 4.69) is 29.5 Å². The molecule has 0 aliphatic carbocycles. The van der Waals surface area contributed by atoms with Gasteiger partial charge in [-0.1, -0.05) is 20.3 Å². The van der Waals surface area contributed by atoms with Crippen molar-refractivity contribution in [3.8, 4) is 0 Å². The van der Waals surface area contributed by atoms with E-state index in [0.29, 0.717) is 5.56 Å². The normalized spacial score (nSPS) is 11.2. The molecule has 0 bridgehead atoms. The van der Waals surface area contributed by atoms with E-state index in [1.165, 1.54) is 0 Å². The van der Waals surface area contributed by atoms with Gasteiger partial charge in [0.15, 0.2) is 0 Å². The van der Waals surface area contributed by atoms with E-state index in [4.69, 9.17) is 0 Å². The highest BCUT2D eigenvalue weighted by molar-refractivity contribution is 5.99. The zero-order chi connectivity index (χ0) is 14.3. The maximum atomic E-state index is 12.3. The largest absolute Gasteiger partial charge is 0.384 e. The molecule has 0 saturated heterocycles. The van der Waals surface area contributed by atoms with E-state index in [-0.39, 0.29) is 11.4 Å². The molecule has 0 aromatic carbocycles. The third kappa shape index (κ3) is 4.89. The second-order valence-corrected chi connectivity index (χ2v) is 5.44. The Morgan fingerprint density at radius 1 is 1.32 bits per heavy atom. The average molecular weight is 263 g/mol. The number of rotatable bonds is 7. The summed E-state index contributed by atoms with van der Waals surface area (Å²) in [5.74, 6) is -0.0647. The van der Waals surface area contributed by atoms with Crippen LogP contribution in [-0.4, -0.2) is 23.0 Å². The molecule has 1 rings (SSSR count). The topological polar surface area (TPSA) is 54.0 Å². The zero-order valence-corrected chi connectivity index (χ0v) is 12.4. The molecule has 0 aliphatic rings. The van der Waals surface area contributed by atoms with Gasteiger partial charge in [0.25, 0.3) is 5.91 Å². The van der Waals surface area contributed by atoms with Crippen molar-refractivity contribution in [2.45, 2.75) is 52.5 Å². The monoisotopic (exact) mass is 263 g/mol. The second-order valence-electron chi connectivity index (χ2n) is 5.44. The number of aromatic nitrogens is 1. The molecule has 1 amide bonds. The number of carbonyl (C=O) groups is 1. The molecule has 0 radical (unpaired) electrons. The molecule has 0 aliphatic heterocycles. The fourth-order valence-electron chi connectivity index (χ4n) is 2.05. The number of hydrogen-bond acceptors (Lipinski definition) is 3. The van der Waals surface area contributed by atoms with E-state index >= 15 is 0 Å². The summed E-state index contributed by atoms with van der Waals surface area (Å²) < 4.78 is 0. The second kappa shape index (κ2) is 7.12. The van der Waals surface area contributed by atoms with Gasteiger partial charge >= 0.3 is 0 Å². The number of amides is 1. The Hall–Kier alpha value is -1.58. The Morgan fingerprint density at radius 2 is 2.05 bits per heavy atom. The maximum Gasteiger partial charge on any atom is 0.255 e. The quantitative estimate of drug-likeness (QED) is 0.794. The molecule has 0 spiro atoms. The van der Waals surface area contributed by atoms with Gasteiger partial charge in [0, 0.05) is 24.5 Å². The van der Waals surface area contributed by atoms with Gasteiger partial charge in [-0.3, -0.25) is 9.78 Å². The van der Waals surface area contributed by atoms with E-state index in [9.17, 15) is 4.79 Å². The van der Waals surface area contributed by atoms with E-state index in [1.54, 1.807) is 12.4 Å². The smallest absolute Gasteiger partial charge is 0.255 e. The minimum Gasteiger partial charge on any atom is -0.384 e. The highest BCUT2D eigenvalue weighted by Gasteiger charge is 2.21. The number of nitrogens with zero attached hydrogens (tertiary/aromatic N) is 1. The highest BCUT2D eigenvalue weighted by Crippen LogP contribution is 2.17. The Balaban J connectivity index is 2.81. The predicted molar refractivity (Wildman–Crippen MR) is 79.5 cm³/mol. The number of hydrogen-bond donors (Lipinski definition) is 2. The summed E-state index contributed by atoms with van der Waals surface area (Å²) in [6.45, 7) is 9.15. The van der Waals surface area contributed by atoms with Crippen molar-refractivity contribution in [1.82, 2.24) is 10.3 Å². The Kier molecular flexibility index (Phi) is 5.80. The molecular formula is C15H25N3O. The van der Waals surface area contributed by atoms with Crippen LogP contribution in [0.3, 0.4) is 0 Å². The molecule has 19 heavy (non-hydrogen) atoms. The molecular weight excluding hydrogens is 238 g/mol. The van der Waals surface area contributed by atoms with Crippen LogP contribution in [0.25, 0.3) is 0 Å². The minimum atomic E-state index is -0.191. The van der Waals surface area contributed by atoms with Gasteiger partial charge in [0.05, 0.1) is 11.3 Å². The fourth-order valence-corrected chi connectivity index (χ4v) is 2.05. The molecule has 1 aromatic rings. The summed E-state index contributed by atoms with van der Waals surface area (Å²) in [7, 11) is 0. The minimum absolute atomic E-state index is 0.0647. The molecule has 4 nitrogen and oxygen atoms in total. The van der Waals surface area contributed by atoms with Crippen LogP contribution >= 0.6 is 0 Å². The van der Waals surface area contributed by atoms with Gasteiger partial charge in [-0.15, -0.1) is 0 Å². The van der Waals surface area contributed by atoms with Gasteiger partial charge in [-0.05, 0) is 32.8 Å². The summed E-state index contributed by atoms with van der Waals surface area (Å²) in [6, 6.07) is 1.84. The summed E-state index contributed by atoms with van der Waals surface area (Å²) in [5, 5.41) is 6.33. The van der Waals surface area contributed by atoms with E-state index < -0.39 is 0 Å². The number of carbonyl (C=O) groups excluding carboxylic acids is 1. The molecule has 0 saturated carbocycles. The van der Waals surface area contributed by atoms with Crippen LogP contribution < -0.4 is 10.6 Å². The molecule has 0 unspecified atom stereocenters. The molecule has 4 heteroatoms. The van der Waals surface area contributed by atoms with Crippen LogP contribution in [0.5, 0.6) is 0 Å². The lowest BCUT2D eigenvalue weighted by atomic mass is 9.98. The number of pyridine rings is 1. The molecule has 0 atom stereocenters. The van der Waals surface area contributed by atoms with Gasteiger partial charge in [0.1, 0.15) is 0 Å². The van der Waals surface area contributed by atoms with E-state index in [0.717, 1.165) is 31.5 Å². The fraction of sp³-hybridized carbons (Fsp3) is 0.600. The standard InChI is InChI=1S/C15H25N3O/c1-5-8-15(3,4)18-14(19)12-11-16-10-7-13(12)17-9-6-2/h7,10-11H,5-6,8-9H2,1-4H3,(H,16,17)(H,18,19). The molecule has 2 N–H and O–H groups in total. The van der Waals surface area contributed by atoms with Crippen LogP contribution in [0.4, 0.5) is 5.69 Å². The number of anilines is 1. The van der Waals surface area contributed by atoms with E-state index in [1.807, 2.05) is 19.9 Å². The first-order valence-electron chi connectivity index (χ1n) is 7.00. The van der Waals surface area contributed by atoms with Crippen LogP contribution in [0.2, 0.25) is 0 Å².